The molecule has 4 heteroatoms. The lowest BCUT2D eigenvalue weighted by Crippen LogP contribution is -2.40. The van der Waals surface area contributed by atoms with E-state index in [2.05, 4.69) is 24.1 Å². The van der Waals surface area contributed by atoms with E-state index in [-0.39, 0.29) is 17.1 Å². The molecule has 19 heavy (non-hydrogen) atoms. The van der Waals surface area contributed by atoms with E-state index in [1.807, 2.05) is 14.1 Å². The molecule has 0 aliphatic heterocycles. The van der Waals surface area contributed by atoms with E-state index in [1.54, 1.807) is 6.92 Å². The van der Waals surface area contributed by atoms with Crippen molar-refractivity contribution in [2.45, 2.75) is 20.8 Å². The first-order valence-electron chi connectivity index (χ1n) is 6.40. The van der Waals surface area contributed by atoms with Gasteiger partial charge in [0.15, 0.2) is 0 Å². The van der Waals surface area contributed by atoms with E-state index in [0.29, 0.717) is 17.7 Å². The summed E-state index contributed by atoms with van der Waals surface area (Å²) in [6.07, 6.45) is 0. The molecule has 0 radical (unpaired) electrons. The van der Waals surface area contributed by atoms with Crippen LogP contribution in [-0.2, 0) is 0 Å². The van der Waals surface area contributed by atoms with E-state index in [1.165, 1.54) is 18.2 Å². The molecule has 0 aliphatic rings. The molecule has 0 heterocycles. The largest absolute Gasteiger partial charge is 0.351 e. The Hall–Kier alpha value is -1.42. The highest BCUT2D eigenvalue weighted by molar-refractivity contribution is 5.95. The molecule has 0 bridgehead atoms. The molecule has 1 amide bonds. The first-order chi connectivity index (χ1) is 8.71. The second-order valence-corrected chi connectivity index (χ2v) is 6.04. The van der Waals surface area contributed by atoms with Gasteiger partial charge in [0.05, 0.1) is 0 Å². The number of hydrogen-bond acceptors (Lipinski definition) is 2. The van der Waals surface area contributed by atoms with Crippen LogP contribution in [0.15, 0.2) is 18.2 Å². The van der Waals surface area contributed by atoms with Gasteiger partial charge in [-0.25, -0.2) is 4.39 Å². The quantitative estimate of drug-likeness (QED) is 0.888. The first kappa shape index (κ1) is 15.6. The Morgan fingerprint density at radius 3 is 2.53 bits per heavy atom. The summed E-state index contributed by atoms with van der Waals surface area (Å²) in [5.74, 6) is -0.466. The van der Waals surface area contributed by atoms with Crippen LogP contribution >= 0.6 is 0 Å². The Balaban J connectivity index is 2.65. The van der Waals surface area contributed by atoms with E-state index in [4.69, 9.17) is 0 Å². The van der Waals surface area contributed by atoms with E-state index >= 15 is 0 Å². The van der Waals surface area contributed by atoms with Crippen molar-refractivity contribution in [3.8, 4) is 0 Å². The van der Waals surface area contributed by atoms with E-state index < -0.39 is 0 Å². The van der Waals surface area contributed by atoms with Gasteiger partial charge in [0, 0.05) is 18.7 Å². The van der Waals surface area contributed by atoms with Gasteiger partial charge in [-0.2, -0.15) is 0 Å². The molecule has 3 nitrogen and oxygen atoms in total. The number of amides is 1. The van der Waals surface area contributed by atoms with E-state index in [0.717, 1.165) is 6.54 Å². The van der Waals surface area contributed by atoms with Crippen LogP contribution in [0.3, 0.4) is 0 Å². The molecule has 0 spiro atoms. The minimum Gasteiger partial charge on any atom is -0.351 e. The Bertz CT molecular complexity index is 455. The van der Waals surface area contributed by atoms with Crippen molar-refractivity contribution in [2.24, 2.45) is 5.41 Å². The van der Waals surface area contributed by atoms with Gasteiger partial charge in [-0.15, -0.1) is 0 Å². The molecule has 0 atom stereocenters. The van der Waals surface area contributed by atoms with Gasteiger partial charge in [-0.1, -0.05) is 13.8 Å². The smallest absolute Gasteiger partial charge is 0.251 e. The molecule has 106 valence electrons. The standard InChI is InChI=1S/C15H23FN2O/c1-11-8-12(16)6-7-13(11)14(19)17-9-15(2,3)10-18(4)5/h6-8H,9-10H2,1-5H3,(H,17,19). The number of rotatable bonds is 5. The molecular formula is C15H23FN2O. The van der Waals surface area contributed by atoms with Crippen LogP contribution in [0.5, 0.6) is 0 Å². The normalized spacial score (nSPS) is 11.7. The maximum absolute atomic E-state index is 13.0. The van der Waals surface area contributed by atoms with Crippen LogP contribution in [0.25, 0.3) is 0 Å². The summed E-state index contributed by atoms with van der Waals surface area (Å²) in [5, 5.41) is 2.92. The molecule has 0 saturated carbocycles. The predicted octanol–water partition coefficient (Wildman–Crippen LogP) is 2.45. The molecule has 1 rings (SSSR count). The van der Waals surface area contributed by atoms with Gasteiger partial charge < -0.3 is 10.2 Å². The lowest BCUT2D eigenvalue weighted by atomic mass is 9.92. The first-order valence-corrected chi connectivity index (χ1v) is 6.40. The highest BCUT2D eigenvalue weighted by atomic mass is 19.1. The Morgan fingerprint density at radius 1 is 1.37 bits per heavy atom. The fraction of sp³-hybridized carbons (Fsp3) is 0.533. The van der Waals surface area contributed by atoms with Crippen molar-refractivity contribution >= 4 is 5.91 Å². The average Bonchev–Trinajstić information content (AvgIpc) is 2.24. The zero-order chi connectivity index (χ0) is 14.6. The maximum Gasteiger partial charge on any atom is 0.251 e. The number of hydrogen-bond donors (Lipinski definition) is 1. The average molecular weight is 266 g/mol. The Morgan fingerprint density at radius 2 is 2.00 bits per heavy atom. The number of nitrogens with one attached hydrogen (secondary N) is 1. The van der Waals surface area contributed by atoms with Crippen molar-refractivity contribution in [2.75, 3.05) is 27.2 Å². The van der Waals surface area contributed by atoms with Crippen LogP contribution in [0.2, 0.25) is 0 Å². The van der Waals surface area contributed by atoms with Crippen molar-refractivity contribution in [1.82, 2.24) is 10.2 Å². The number of nitrogens with zero attached hydrogens (tertiary/aromatic N) is 1. The third-order valence-electron chi connectivity index (χ3n) is 2.90. The monoisotopic (exact) mass is 266 g/mol. The third-order valence-corrected chi connectivity index (χ3v) is 2.90. The Kier molecular flexibility index (Phi) is 5.06. The number of carbonyl (C=O) groups excluding carboxylic acids is 1. The van der Waals surface area contributed by atoms with Gasteiger partial charge in [0.2, 0.25) is 0 Å². The summed E-state index contributed by atoms with van der Waals surface area (Å²) in [7, 11) is 4.02. The summed E-state index contributed by atoms with van der Waals surface area (Å²) < 4.78 is 13.0. The molecule has 0 fully saturated rings. The third kappa shape index (κ3) is 4.99. The van der Waals surface area contributed by atoms with Crippen LogP contribution < -0.4 is 5.32 Å². The van der Waals surface area contributed by atoms with Crippen molar-refractivity contribution < 1.29 is 9.18 Å². The topological polar surface area (TPSA) is 32.3 Å². The fourth-order valence-corrected chi connectivity index (χ4v) is 2.21. The summed E-state index contributed by atoms with van der Waals surface area (Å²) >= 11 is 0. The molecule has 0 unspecified atom stereocenters. The molecule has 0 saturated heterocycles. The molecule has 0 aliphatic carbocycles. The number of aryl methyl sites for hydroxylation is 1. The van der Waals surface area contributed by atoms with Crippen molar-refractivity contribution in [3.63, 3.8) is 0 Å². The Labute approximate surface area is 114 Å². The number of halogens is 1. The molecule has 1 aromatic rings. The minimum absolute atomic E-state index is 0.00685. The van der Waals surface area contributed by atoms with Crippen LogP contribution in [0, 0.1) is 18.2 Å². The summed E-state index contributed by atoms with van der Waals surface area (Å²) in [5.41, 5.74) is 1.18. The zero-order valence-corrected chi connectivity index (χ0v) is 12.4. The lowest BCUT2D eigenvalue weighted by molar-refractivity contribution is 0.0928. The second-order valence-electron chi connectivity index (χ2n) is 6.04. The molecular weight excluding hydrogens is 243 g/mol. The van der Waals surface area contributed by atoms with Crippen LogP contribution in [0.1, 0.15) is 29.8 Å². The molecule has 0 aromatic heterocycles. The summed E-state index contributed by atoms with van der Waals surface area (Å²) in [4.78, 5) is 14.2. The summed E-state index contributed by atoms with van der Waals surface area (Å²) in [6.45, 7) is 7.41. The highest BCUT2D eigenvalue weighted by Crippen LogP contribution is 2.15. The second kappa shape index (κ2) is 6.15. The minimum atomic E-state index is -0.318. The lowest BCUT2D eigenvalue weighted by Gasteiger charge is -2.28. The number of carbonyl (C=O) groups is 1. The maximum atomic E-state index is 13.0. The van der Waals surface area contributed by atoms with Gasteiger partial charge in [0.1, 0.15) is 5.82 Å². The highest BCUT2D eigenvalue weighted by Gasteiger charge is 2.20. The fourth-order valence-electron chi connectivity index (χ4n) is 2.21. The van der Waals surface area contributed by atoms with Gasteiger partial charge in [-0.05, 0) is 50.2 Å². The van der Waals surface area contributed by atoms with Crippen LogP contribution in [0.4, 0.5) is 4.39 Å². The number of benzene rings is 1. The van der Waals surface area contributed by atoms with Crippen LogP contribution in [-0.4, -0.2) is 38.0 Å². The zero-order valence-electron chi connectivity index (χ0n) is 12.4. The summed E-state index contributed by atoms with van der Waals surface area (Å²) in [6, 6.07) is 4.21. The molecule has 1 N–H and O–H groups in total. The van der Waals surface area contributed by atoms with Crippen molar-refractivity contribution in [3.05, 3.63) is 35.1 Å². The van der Waals surface area contributed by atoms with Gasteiger partial charge in [-0.3, -0.25) is 4.79 Å². The van der Waals surface area contributed by atoms with Gasteiger partial charge >= 0.3 is 0 Å². The van der Waals surface area contributed by atoms with E-state index in [9.17, 15) is 9.18 Å². The predicted molar refractivity (Wildman–Crippen MR) is 75.8 cm³/mol. The molecule has 1 aromatic carbocycles. The van der Waals surface area contributed by atoms with Gasteiger partial charge in [0.25, 0.3) is 5.91 Å². The SMILES string of the molecule is Cc1cc(F)ccc1C(=O)NCC(C)(C)CN(C)C. The van der Waals surface area contributed by atoms with Crippen molar-refractivity contribution in [1.29, 1.82) is 0 Å².